The van der Waals surface area contributed by atoms with Gasteiger partial charge in [0.15, 0.2) is 0 Å². The van der Waals surface area contributed by atoms with Crippen LogP contribution in [0.2, 0.25) is 0 Å². The van der Waals surface area contributed by atoms with Crippen molar-refractivity contribution in [3.05, 3.63) is 71.8 Å². The molecule has 1 N–H and O–H groups in total. The number of carbonyl (C=O) groups is 1. The third-order valence-corrected chi connectivity index (χ3v) is 3.30. The second kappa shape index (κ2) is 6.74. The third-order valence-electron chi connectivity index (χ3n) is 3.30. The van der Waals surface area contributed by atoms with Crippen molar-refractivity contribution in [3.63, 3.8) is 0 Å². The summed E-state index contributed by atoms with van der Waals surface area (Å²) >= 11 is 0. The van der Waals surface area contributed by atoms with Crippen molar-refractivity contribution in [2.24, 2.45) is 0 Å². The highest BCUT2D eigenvalue weighted by Crippen LogP contribution is 2.22. The van der Waals surface area contributed by atoms with Crippen molar-refractivity contribution in [3.8, 4) is 0 Å². The predicted octanol–water partition coefficient (Wildman–Crippen LogP) is 3.88. The topological polar surface area (TPSA) is 37.3 Å². The predicted molar refractivity (Wildman–Crippen MR) is 76.2 cm³/mol. The van der Waals surface area contributed by atoms with E-state index in [1.54, 1.807) is 0 Å². The molecule has 1 unspecified atom stereocenters. The van der Waals surface area contributed by atoms with E-state index in [2.05, 4.69) is 12.1 Å². The number of carboxylic acids is 1. The Kier molecular flexibility index (Phi) is 4.73. The first kappa shape index (κ1) is 13.3. The van der Waals surface area contributed by atoms with Crippen molar-refractivity contribution in [2.45, 2.75) is 25.2 Å². The lowest BCUT2D eigenvalue weighted by molar-refractivity contribution is -0.139. The second-order valence-corrected chi connectivity index (χ2v) is 4.68. The van der Waals surface area contributed by atoms with Crippen LogP contribution in [0.4, 0.5) is 0 Å². The van der Waals surface area contributed by atoms with Crippen molar-refractivity contribution in [2.75, 3.05) is 0 Å². The van der Waals surface area contributed by atoms with Crippen molar-refractivity contribution in [1.82, 2.24) is 0 Å². The Labute approximate surface area is 113 Å². The molecule has 0 saturated carbocycles. The molecular weight excluding hydrogens is 236 g/mol. The maximum absolute atomic E-state index is 11.3. The highest BCUT2D eigenvalue weighted by atomic mass is 16.4. The van der Waals surface area contributed by atoms with Crippen LogP contribution in [0.25, 0.3) is 0 Å². The molecule has 0 aromatic heterocycles. The molecule has 0 amide bonds. The van der Waals surface area contributed by atoms with Gasteiger partial charge in [0.05, 0.1) is 5.92 Å². The van der Waals surface area contributed by atoms with Gasteiger partial charge < -0.3 is 5.11 Å². The number of rotatable bonds is 6. The van der Waals surface area contributed by atoms with Gasteiger partial charge in [0.2, 0.25) is 0 Å². The van der Waals surface area contributed by atoms with E-state index in [1.807, 2.05) is 48.5 Å². The van der Waals surface area contributed by atoms with E-state index < -0.39 is 11.9 Å². The lowest BCUT2D eigenvalue weighted by Crippen LogP contribution is -2.11. The van der Waals surface area contributed by atoms with Crippen LogP contribution in [0.3, 0.4) is 0 Å². The highest BCUT2D eigenvalue weighted by Gasteiger charge is 2.18. The standard InChI is InChI=1S/C17H18O2/c18-17(19)16(15-11-5-2-6-12-15)13-7-10-14-8-3-1-4-9-14/h1-6,8-9,11-12,16H,7,10,13H2,(H,18,19). The summed E-state index contributed by atoms with van der Waals surface area (Å²) < 4.78 is 0. The van der Waals surface area contributed by atoms with E-state index >= 15 is 0 Å². The summed E-state index contributed by atoms with van der Waals surface area (Å²) in [6.07, 6.45) is 2.49. The minimum atomic E-state index is -0.737. The zero-order valence-corrected chi connectivity index (χ0v) is 10.8. The minimum Gasteiger partial charge on any atom is -0.481 e. The van der Waals surface area contributed by atoms with Crippen LogP contribution >= 0.6 is 0 Å². The van der Waals surface area contributed by atoms with Gasteiger partial charge in [-0.15, -0.1) is 0 Å². The van der Waals surface area contributed by atoms with Gasteiger partial charge in [0.25, 0.3) is 0 Å². The van der Waals surface area contributed by atoms with E-state index in [1.165, 1.54) is 5.56 Å². The van der Waals surface area contributed by atoms with E-state index in [4.69, 9.17) is 0 Å². The number of aliphatic carboxylic acids is 1. The van der Waals surface area contributed by atoms with Crippen molar-refractivity contribution >= 4 is 5.97 Å². The SMILES string of the molecule is O=C(O)C(CCCc1ccccc1)c1ccccc1. The van der Waals surface area contributed by atoms with Crippen LogP contribution < -0.4 is 0 Å². The van der Waals surface area contributed by atoms with E-state index in [9.17, 15) is 9.90 Å². The first-order chi connectivity index (χ1) is 9.27. The molecule has 0 aliphatic carbocycles. The van der Waals surface area contributed by atoms with Crippen LogP contribution in [0, 0.1) is 0 Å². The van der Waals surface area contributed by atoms with Crippen molar-refractivity contribution < 1.29 is 9.90 Å². The summed E-state index contributed by atoms with van der Waals surface area (Å²) in [5.74, 6) is -1.14. The number of aryl methyl sites for hydroxylation is 1. The van der Waals surface area contributed by atoms with Gasteiger partial charge >= 0.3 is 5.97 Å². The average molecular weight is 254 g/mol. The number of hydrogen-bond acceptors (Lipinski definition) is 1. The molecule has 1 atom stereocenters. The molecule has 0 aliphatic heterocycles. The van der Waals surface area contributed by atoms with Crippen LogP contribution in [-0.2, 0) is 11.2 Å². The fourth-order valence-corrected chi connectivity index (χ4v) is 2.27. The highest BCUT2D eigenvalue weighted by molar-refractivity contribution is 5.75. The summed E-state index contributed by atoms with van der Waals surface area (Å²) in [5, 5.41) is 9.32. The first-order valence-corrected chi connectivity index (χ1v) is 6.59. The Morgan fingerprint density at radius 3 is 2.11 bits per heavy atom. The minimum absolute atomic E-state index is 0.398. The maximum atomic E-state index is 11.3. The fourth-order valence-electron chi connectivity index (χ4n) is 2.27. The maximum Gasteiger partial charge on any atom is 0.310 e. The van der Waals surface area contributed by atoms with Crippen LogP contribution in [0.1, 0.15) is 29.9 Å². The second-order valence-electron chi connectivity index (χ2n) is 4.68. The number of carboxylic acid groups (broad SMARTS) is 1. The lowest BCUT2D eigenvalue weighted by Gasteiger charge is -2.12. The summed E-state index contributed by atoms with van der Waals surface area (Å²) in [4.78, 5) is 11.3. The molecule has 0 radical (unpaired) electrons. The van der Waals surface area contributed by atoms with Crippen molar-refractivity contribution in [1.29, 1.82) is 0 Å². The molecule has 0 aliphatic rings. The third kappa shape index (κ3) is 3.95. The van der Waals surface area contributed by atoms with Gasteiger partial charge in [-0.1, -0.05) is 60.7 Å². The number of benzene rings is 2. The molecule has 2 aromatic carbocycles. The smallest absolute Gasteiger partial charge is 0.310 e. The van der Waals surface area contributed by atoms with E-state index in [0.717, 1.165) is 18.4 Å². The monoisotopic (exact) mass is 254 g/mol. The molecule has 2 aromatic rings. The molecule has 0 spiro atoms. The van der Waals surface area contributed by atoms with Gasteiger partial charge in [-0.3, -0.25) is 4.79 Å². The molecule has 0 bridgehead atoms. The fraction of sp³-hybridized carbons (Fsp3) is 0.235. The number of hydrogen-bond donors (Lipinski definition) is 1. The normalized spacial score (nSPS) is 12.0. The lowest BCUT2D eigenvalue weighted by atomic mass is 9.93. The molecule has 19 heavy (non-hydrogen) atoms. The van der Waals surface area contributed by atoms with E-state index in [0.29, 0.717) is 6.42 Å². The summed E-state index contributed by atoms with van der Waals surface area (Å²) in [7, 11) is 0. The van der Waals surface area contributed by atoms with Crippen LogP contribution in [-0.4, -0.2) is 11.1 Å². The Hall–Kier alpha value is -2.09. The summed E-state index contributed by atoms with van der Waals surface area (Å²) in [6.45, 7) is 0. The molecular formula is C17H18O2. The molecule has 0 fully saturated rings. The molecule has 2 nitrogen and oxygen atoms in total. The Morgan fingerprint density at radius 2 is 1.53 bits per heavy atom. The Morgan fingerprint density at radius 1 is 0.947 bits per heavy atom. The van der Waals surface area contributed by atoms with E-state index in [-0.39, 0.29) is 0 Å². The zero-order chi connectivity index (χ0) is 13.5. The quantitative estimate of drug-likeness (QED) is 0.849. The Bertz CT molecular complexity index is 505. The van der Waals surface area contributed by atoms with Gasteiger partial charge in [0.1, 0.15) is 0 Å². The molecule has 0 saturated heterocycles. The van der Waals surface area contributed by atoms with Gasteiger partial charge in [-0.25, -0.2) is 0 Å². The molecule has 2 heteroatoms. The van der Waals surface area contributed by atoms with Gasteiger partial charge in [-0.05, 0) is 30.4 Å². The zero-order valence-electron chi connectivity index (χ0n) is 10.8. The van der Waals surface area contributed by atoms with Gasteiger partial charge in [0, 0.05) is 0 Å². The first-order valence-electron chi connectivity index (χ1n) is 6.59. The Balaban J connectivity index is 1.94. The van der Waals surface area contributed by atoms with Crippen LogP contribution in [0.15, 0.2) is 60.7 Å². The van der Waals surface area contributed by atoms with Gasteiger partial charge in [-0.2, -0.15) is 0 Å². The molecule has 98 valence electrons. The summed E-state index contributed by atoms with van der Waals surface area (Å²) in [5.41, 5.74) is 2.16. The molecule has 2 rings (SSSR count). The summed E-state index contributed by atoms with van der Waals surface area (Å²) in [6, 6.07) is 19.7. The molecule has 0 heterocycles. The van der Waals surface area contributed by atoms with Crippen LogP contribution in [0.5, 0.6) is 0 Å². The average Bonchev–Trinajstić information content (AvgIpc) is 2.45. The largest absolute Gasteiger partial charge is 0.481 e.